The zero-order valence-electron chi connectivity index (χ0n) is 17.9. The second-order valence-corrected chi connectivity index (χ2v) is 9.56. The Morgan fingerprint density at radius 3 is 2.87 bits per heavy atom. The Morgan fingerprint density at radius 1 is 1.19 bits per heavy atom. The van der Waals surface area contributed by atoms with Crippen molar-refractivity contribution in [3.05, 3.63) is 46.1 Å². The van der Waals surface area contributed by atoms with E-state index in [9.17, 15) is 4.79 Å². The van der Waals surface area contributed by atoms with Gasteiger partial charge in [-0.05, 0) is 63.4 Å². The first-order chi connectivity index (χ1) is 15.0. The SMILES string of the molecule is CN[C@@H]1CCN(c2ccc3c(n2)CC[C@H](NC(=O)c2sc4nc(C)ccc4c2N)C3)C1. The Bertz CT molecular complexity index is 1140. The van der Waals surface area contributed by atoms with Crippen LogP contribution in [0.1, 0.15) is 39.5 Å². The Hall–Kier alpha value is -2.71. The molecule has 0 saturated carbocycles. The molecule has 1 aliphatic heterocycles. The lowest BCUT2D eigenvalue weighted by atomic mass is 9.91. The minimum absolute atomic E-state index is 0.0902. The zero-order valence-corrected chi connectivity index (χ0v) is 18.8. The van der Waals surface area contributed by atoms with Crippen LogP contribution in [0.3, 0.4) is 0 Å². The van der Waals surface area contributed by atoms with Gasteiger partial charge in [-0.15, -0.1) is 11.3 Å². The van der Waals surface area contributed by atoms with Crippen LogP contribution in [0.4, 0.5) is 11.5 Å². The molecule has 31 heavy (non-hydrogen) atoms. The summed E-state index contributed by atoms with van der Waals surface area (Å²) in [5, 5.41) is 7.41. The number of aryl methyl sites for hydroxylation is 2. The van der Waals surface area contributed by atoms with Crippen molar-refractivity contribution in [1.29, 1.82) is 0 Å². The van der Waals surface area contributed by atoms with E-state index < -0.39 is 0 Å². The molecule has 0 aromatic carbocycles. The van der Waals surface area contributed by atoms with E-state index in [1.807, 2.05) is 26.1 Å². The molecule has 1 aliphatic carbocycles. The number of likely N-dealkylation sites (N-methyl/N-ethyl adjacent to an activating group) is 1. The van der Waals surface area contributed by atoms with Crippen molar-refractivity contribution < 1.29 is 4.79 Å². The number of pyridine rings is 2. The summed E-state index contributed by atoms with van der Waals surface area (Å²) in [4.78, 5) is 26.1. The van der Waals surface area contributed by atoms with E-state index >= 15 is 0 Å². The van der Waals surface area contributed by atoms with Gasteiger partial charge < -0.3 is 21.3 Å². The largest absolute Gasteiger partial charge is 0.397 e. The summed E-state index contributed by atoms with van der Waals surface area (Å²) < 4.78 is 0. The van der Waals surface area contributed by atoms with Crippen LogP contribution >= 0.6 is 11.3 Å². The third kappa shape index (κ3) is 3.85. The number of nitrogens with two attached hydrogens (primary N) is 1. The lowest BCUT2D eigenvalue weighted by molar-refractivity contribution is 0.0938. The number of fused-ring (bicyclic) bond motifs is 2. The lowest BCUT2D eigenvalue weighted by Crippen LogP contribution is -2.39. The fraction of sp³-hybridized carbons (Fsp3) is 0.435. The van der Waals surface area contributed by atoms with Gasteiger partial charge in [0.2, 0.25) is 0 Å². The van der Waals surface area contributed by atoms with E-state index in [0.717, 1.165) is 66.2 Å². The van der Waals surface area contributed by atoms with Gasteiger partial charge in [0.1, 0.15) is 15.5 Å². The summed E-state index contributed by atoms with van der Waals surface area (Å²) in [7, 11) is 2.02. The van der Waals surface area contributed by atoms with Crippen LogP contribution in [0.15, 0.2) is 24.3 Å². The smallest absolute Gasteiger partial charge is 0.263 e. The number of carbonyl (C=O) groups is 1. The molecule has 4 N–H and O–H groups in total. The molecule has 2 aliphatic rings. The first-order valence-corrected chi connectivity index (χ1v) is 11.7. The van der Waals surface area contributed by atoms with Crippen molar-refractivity contribution in [2.24, 2.45) is 0 Å². The Morgan fingerprint density at radius 2 is 2.06 bits per heavy atom. The Balaban J connectivity index is 1.28. The maximum absolute atomic E-state index is 13.0. The van der Waals surface area contributed by atoms with E-state index in [-0.39, 0.29) is 11.9 Å². The molecule has 1 saturated heterocycles. The molecule has 0 spiro atoms. The van der Waals surface area contributed by atoms with Gasteiger partial charge in [-0.1, -0.05) is 6.07 Å². The van der Waals surface area contributed by atoms with Crippen LogP contribution in [-0.4, -0.2) is 48.1 Å². The molecule has 0 unspecified atom stereocenters. The van der Waals surface area contributed by atoms with Gasteiger partial charge in [-0.2, -0.15) is 0 Å². The highest BCUT2D eigenvalue weighted by Gasteiger charge is 2.26. The normalized spacial score (nSPS) is 20.8. The van der Waals surface area contributed by atoms with Gasteiger partial charge in [0.15, 0.2) is 0 Å². The average Bonchev–Trinajstić information content (AvgIpc) is 3.38. The van der Waals surface area contributed by atoms with E-state index in [4.69, 9.17) is 10.7 Å². The average molecular weight is 437 g/mol. The third-order valence-corrected chi connectivity index (χ3v) is 7.56. The summed E-state index contributed by atoms with van der Waals surface area (Å²) in [6.07, 6.45) is 3.71. The minimum atomic E-state index is -0.105. The van der Waals surface area contributed by atoms with Gasteiger partial charge in [0.25, 0.3) is 5.91 Å². The summed E-state index contributed by atoms with van der Waals surface area (Å²) in [5.74, 6) is 0.964. The highest BCUT2D eigenvalue weighted by Crippen LogP contribution is 2.33. The number of amides is 1. The number of aromatic nitrogens is 2. The minimum Gasteiger partial charge on any atom is -0.397 e. The number of nitrogens with one attached hydrogen (secondary N) is 2. The van der Waals surface area contributed by atoms with Crippen LogP contribution < -0.4 is 21.3 Å². The number of thiophene rings is 1. The molecule has 7 nitrogen and oxygen atoms in total. The second-order valence-electron chi connectivity index (χ2n) is 8.56. The van der Waals surface area contributed by atoms with Crippen LogP contribution in [0.5, 0.6) is 0 Å². The molecule has 1 amide bonds. The maximum Gasteiger partial charge on any atom is 0.263 e. The molecule has 162 valence electrons. The molecular weight excluding hydrogens is 408 g/mol. The number of rotatable bonds is 4. The number of nitrogen functional groups attached to an aromatic ring is 1. The van der Waals surface area contributed by atoms with Crippen LogP contribution in [0, 0.1) is 6.92 Å². The summed E-state index contributed by atoms with van der Waals surface area (Å²) >= 11 is 1.37. The summed E-state index contributed by atoms with van der Waals surface area (Å²) in [5.41, 5.74) is 10.1. The molecule has 3 aromatic rings. The van der Waals surface area contributed by atoms with Crippen LogP contribution in [-0.2, 0) is 12.8 Å². The highest BCUT2D eigenvalue weighted by molar-refractivity contribution is 7.21. The standard InChI is InChI=1S/C23H28N6OS/c1-13-3-6-17-20(24)21(31-23(17)26-13)22(30)27-15-5-7-18-14(11-15)4-8-19(28-18)29-10-9-16(12-29)25-2/h3-4,6,8,15-16,25H,5,7,9-12,24H2,1-2H3,(H,27,30)/t15-,16+/m0/s1. The molecule has 0 bridgehead atoms. The number of hydrogen-bond donors (Lipinski definition) is 3. The molecule has 8 heteroatoms. The van der Waals surface area contributed by atoms with Crippen LogP contribution in [0.2, 0.25) is 0 Å². The van der Waals surface area contributed by atoms with Gasteiger partial charge in [-0.3, -0.25) is 4.79 Å². The topological polar surface area (TPSA) is 96.2 Å². The fourth-order valence-corrected chi connectivity index (χ4v) is 5.65. The first-order valence-electron chi connectivity index (χ1n) is 10.9. The number of nitrogens with zero attached hydrogens (tertiary/aromatic N) is 3. The van der Waals surface area contributed by atoms with Crippen molar-refractivity contribution in [3.8, 4) is 0 Å². The second kappa shape index (κ2) is 8.09. The Labute approximate surface area is 186 Å². The molecular formula is C23H28N6OS. The van der Waals surface area contributed by atoms with Gasteiger partial charge in [-0.25, -0.2) is 9.97 Å². The van der Waals surface area contributed by atoms with E-state index in [1.54, 1.807) is 0 Å². The van der Waals surface area contributed by atoms with Gasteiger partial charge >= 0.3 is 0 Å². The monoisotopic (exact) mass is 436 g/mol. The van der Waals surface area contributed by atoms with Crippen molar-refractivity contribution in [2.75, 3.05) is 30.8 Å². The van der Waals surface area contributed by atoms with Crippen molar-refractivity contribution in [3.63, 3.8) is 0 Å². The van der Waals surface area contributed by atoms with E-state index in [2.05, 4.69) is 32.7 Å². The molecule has 4 heterocycles. The van der Waals surface area contributed by atoms with Gasteiger partial charge in [0, 0.05) is 41.9 Å². The number of anilines is 2. The third-order valence-electron chi connectivity index (χ3n) is 6.44. The van der Waals surface area contributed by atoms with Crippen molar-refractivity contribution in [2.45, 2.75) is 44.7 Å². The zero-order chi connectivity index (χ0) is 21.5. The van der Waals surface area contributed by atoms with Gasteiger partial charge in [0.05, 0.1) is 5.69 Å². The molecule has 3 aromatic heterocycles. The quantitative estimate of drug-likeness (QED) is 0.582. The predicted molar refractivity (Wildman–Crippen MR) is 126 cm³/mol. The van der Waals surface area contributed by atoms with Crippen molar-refractivity contribution >= 4 is 39.0 Å². The predicted octanol–water partition coefficient (Wildman–Crippen LogP) is 2.67. The Kier molecular flexibility index (Phi) is 5.27. The first kappa shape index (κ1) is 20.2. The number of carbonyl (C=O) groups excluding carboxylic acids is 1. The van der Waals surface area contributed by atoms with E-state index in [1.165, 1.54) is 16.9 Å². The van der Waals surface area contributed by atoms with Crippen LogP contribution in [0.25, 0.3) is 10.2 Å². The molecule has 1 fully saturated rings. The molecule has 5 rings (SSSR count). The summed E-state index contributed by atoms with van der Waals surface area (Å²) in [6.45, 7) is 3.99. The molecule has 2 atom stereocenters. The highest BCUT2D eigenvalue weighted by atomic mass is 32.1. The van der Waals surface area contributed by atoms with E-state index in [0.29, 0.717) is 16.6 Å². The summed E-state index contributed by atoms with van der Waals surface area (Å²) in [6, 6.07) is 8.81. The maximum atomic E-state index is 13.0. The number of hydrogen-bond acceptors (Lipinski definition) is 7. The molecule has 0 radical (unpaired) electrons. The van der Waals surface area contributed by atoms with Crippen molar-refractivity contribution in [1.82, 2.24) is 20.6 Å². The lowest BCUT2D eigenvalue weighted by Gasteiger charge is -2.26. The fourth-order valence-electron chi connectivity index (χ4n) is 4.61.